The normalized spacial score (nSPS) is 10.4. The molecule has 0 saturated carbocycles. The average Bonchev–Trinajstić information content (AvgIpc) is 2.67. The Morgan fingerprint density at radius 2 is 1.38 bits per heavy atom. The third-order valence-corrected chi connectivity index (χ3v) is 3.72. The molecular formula is C18H13FN4O6. The molecule has 6 N–H and O–H groups in total. The number of carboxylic acid groups (broad SMARTS) is 2. The summed E-state index contributed by atoms with van der Waals surface area (Å²) in [6.45, 7) is 0. The molecule has 0 fully saturated rings. The van der Waals surface area contributed by atoms with E-state index >= 15 is 0 Å². The largest absolute Gasteiger partial charge is 0.507 e. The zero-order valence-corrected chi connectivity index (χ0v) is 14.4. The lowest BCUT2D eigenvalue weighted by atomic mass is 10.2. The van der Waals surface area contributed by atoms with Crippen LogP contribution in [0, 0.1) is 5.82 Å². The number of carbonyl (C=O) groups is 2. The van der Waals surface area contributed by atoms with Crippen LogP contribution in [0.15, 0.2) is 42.6 Å². The van der Waals surface area contributed by atoms with Gasteiger partial charge in [0.05, 0.1) is 6.20 Å². The van der Waals surface area contributed by atoms with Crippen LogP contribution in [0.4, 0.5) is 27.5 Å². The minimum atomic E-state index is -1.36. The minimum Gasteiger partial charge on any atom is -0.507 e. The van der Waals surface area contributed by atoms with Crippen molar-refractivity contribution in [2.75, 3.05) is 10.6 Å². The van der Waals surface area contributed by atoms with E-state index in [-0.39, 0.29) is 34.3 Å². The lowest BCUT2D eigenvalue weighted by Gasteiger charge is -2.11. The Balaban J connectivity index is 1.87. The van der Waals surface area contributed by atoms with Crippen molar-refractivity contribution in [2.24, 2.45) is 0 Å². The van der Waals surface area contributed by atoms with Crippen molar-refractivity contribution in [1.82, 2.24) is 9.97 Å². The van der Waals surface area contributed by atoms with Crippen molar-refractivity contribution in [3.63, 3.8) is 0 Å². The highest BCUT2D eigenvalue weighted by Crippen LogP contribution is 2.26. The summed E-state index contributed by atoms with van der Waals surface area (Å²) in [5.41, 5.74) is -0.342. The summed E-state index contributed by atoms with van der Waals surface area (Å²) in [6.07, 6.45) is 0.856. The van der Waals surface area contributed by atoms with Crippen molar-refractivity contribution in [2.45, 2.75) is 0 Å². The van der Waals surface area contributed by atoms with Crippen LogP contribution in [-0.2, 0) is 0 Å². The van der Waals surface area contributed by atoms with Crippen LogP contribution in [0.5, 0.6) is 11.5 Å². The minimum absolute atomic E-state index is 0.0897. The molecule has 11 heteroatoms. The lowest BCUT2D eigenvalue weighted by Crippen LogP contribution is -2.05. The summed E-state index contributed by atoms with van der Waals surface area (Å²) in [5, 5.41) is 42.4. The lowest BCUT2D eigenvalue weighted by molar-refractivity contribution is 0.0682. The van der Waals surface area contributed by atoms with E-state index in [2.05, 4.69) is 20.6 Å². The molecule has 10 nitrogen and oxygen atoms in total. The van der Waals surface area contributed by atoms with E-state index in [0.29, 0.717) is 0 Å². The van der Waals surface area contributed by atoms with Crippen molar-refractivity contribution in [1.29, 1.82) is 0 Å². The summed E-state index contributed by atoms with van der Waals surface area (Å²) in [4.78, 5) is 29.9. The number of nitrogens with zero attached hydrogens (tertiary/aromatic N) is 2. The fourth-order valence-corrected chi connectivity index (χ4v) is 2.35. The molecule has 0 saturated heterocycles. The van der Waals surface area contributed by atoms with Gasteiger partial charge in [-0.15, -0.1) is 0 Å². The number of aromatic hydroxyl groups is 2. The number of hydrogen-bond acceptors (Lipinski definition) is 8. The number of carboxylic acids is 2. The Labute approximate surface area is 161 Å². The second-order valence-corrected chi connectivity index (χ2v) is 5.71. The smallest absolute Gasteiger partial charge is 0.339 e. The maximum Gasteiger partial charge on any atom is 0.339 e. The summed E-state index contributed by atoms with van der Waals surface area (Å²) in [7, 11) is 0. The predicted molar refractivity (Wildman–Crippen MR) is 98.7 cm³/mol. The molecule has 0 unspecified atom stereocenters. The van der Waals surface area contributed by atoms with Gasteiger partial charge in [-0.05, 0) is 36.4 Å². The van der Waals surface area contributed by atoms with Gasteiger partial charge >= 0.3 is 11.9 Å². The Bertz CT molecular complexity index is 1120. The maximum absolute atomic E-state index is 14.1. The number of phenols is 2. The van der Waals surface area contributed by atoms with E-state index in [1.807, 2.05) is 0 Å². The van der Waals surface area contributed by atoms with Gasteiger partial charge in [-0.3, -0.25) is 0 Å². The number of benzene rings is 2. The van der Waals surface area contributed by atoms with Gasteiger partial charge in [-0.2, -0.15) is 4.98 Å². The number of aromatic nitrogens is 2. The molecule has 0 bridgehead atoms. The molecule has 1 aromatic heterocycles. The number of halogens is 1. The standard InChI is InChI=1S/C18H13FN4O6/c19-12-7-20-18(22-9-2-4-14(25)11(6-9)17(28)29)23-15(12)21-8-1-3-13(24)10(5-8)16(26)27/h1-7,24-25H,(H,26,27)(H,28,29)(H2,20,21,22,23). The Morgan fingerprint density at radius 1 is 0.862 bits per heavy atom. The molecule has 0 radical (unpaired) electrons. The predicted octanol–water partition coefficient (Wildman–Crippen LogP) is 2.91. The van der Waals surface area contributed by atoms with Gasteiger partial charge in [0, 0.05) is 11.4 Å². The van der Waals surface area contributed by atoms with E-state index in [0.717, 1.165) is 24.4 Å². The van der Waals surface area contributed by atoms with Crippen LogP contribution in [0.25, 0.3) is 0 Å². The fraction of sp³-hybridized carbons (Fsp3) is 0. The molecule has 2 aromatic carbocycles. The first kappa shape index (κ1) is 19.4. The Kier molecular flexibility index (Phi) is 5.13. The summed E-state index contributed by atoms with van der Waals surface area (Å²) < 4.78 is 14.1. The number of nitrogens with one attached hydrogen (secondary N) is 2. The van der Waals surface area contributed by atoms with Gasteiger partial charge in [0.1, 0.15) is 22.6 Å². The molecule has 0 aliphatic rings. The van der Waals surface area contributed by atoms with E-state index in [1.165, 1.54) is 18.2 Å². The molecular weight excluding hydrogens is 387 g/mol. The van der Waals surface area contributed by atoms with Crippen molar-refractivity contribution < 1.29 is 34.4 Å². The SMILES string of the molecule is O=C(O)c1cc(Nc2ncc(F)c(Nc3ccc(O)c(C(=O)O)c3)n2)ccc1O. The van der Waals surface area contributed by atoms with Gasteiger partial charge in [0.25, 0.3) is 0 Å². The monoisotopic (exact) mass is 400 g/mol. The Hall–Kier alpha value is -4.41. The second kappa shape index (κ2) is 7.68. The van der Waals surface area contributed by atoms with Crippen molar-refractivity contribution >= 4 is 35.1 Å². The quantitative estimate of drug-likeness (QED) is 0.339. The zero-order chi connectivity index (χ0) is 21.1. The highest BCUT2D eigenvalue weighted by Gasteiger charge is 2.14. The number of hydrogen-bond donors (Lipinski definition) is 6. The van der Waals surface area contributed by atoms with Gasteiger partial charge in [-0.1, -0.05) is 0 Å². The summed E-state index contributed by atoms with van der Waals surface area (Å²) >= 11 is 0. The Morgan fingerprint density at radius 3 is 1.90 bits per heavy atom. The number of anilines is 4. The topological polar surface area (TPSA) is 165 Å². The third kappa shape index (κ3) is 4.30. The fourth-order valence-electron chi connectivity index (χ4n) is 2.35. The molecule has 0 aliphatic heterocycles. The molecule has 0 amide bonds. The van der Waals surface area contributed by atoms with E-state index in [4.69, 9.17) is 10.2 Å². The van der Waals surface area contributed by atoms with Gasteiger partial charge < -0.3 is 31.1 Å². The number of rotatable bonds is 6. The number of aromatic carboxylic acids is 2. The van der Waals surface area contributed by atoms with Crippen molar-refractivity contribution in [3.05, 3.63) is 59.5 Å². The van der Waals surface area contributed by atoms with E-state index in [1.54, 1.807) is 0 Å². The molecule has 29 heavy (non-hydrogen) atoms. The summed E-state index contributed by atoms with van der Waals surface area (Å²) in [5.74, 6) is -4.79. The van der Waals surface area contributed by atoms with Gasteiger partial charge in [-0.25, -0.2) is 19.0 Å². The van der Waals surface area contributed by atoms with Gasteiger partial charge in [0.2, 0.25) is 5.95 Å². The van der Waals surface area contributed by atoms with Crippen LogP contribution in [0.1, 0.15) is 20.7 Å². The van der Waals surface area contributed by atoms with Crippen LogP contribution in [0.3, 0.4) is 0 Å². The molecule has 3 rings (SSSR count). The molecule has 0 spiro atoms. The molecule has 1 heterocycles. The third-order valence-electron chi connectivity index (χ3n) is 3.72. The molecule has 3 aromatic rings. The van der Waals surface area contributed by atoms with Crippen LogP contribution in [-0.4, -0.2) is 42.3 Å². The van der Waals surface area contributed by atoms with E-state index in [9.17, 15) is 24.2 Å². The first-order valence-electron chi connectivity index (χ1n) is 7.94. The first-order chi connectivity index (χ1) is 13.7. The summed E-state index contributed by atoms with van der Waals surface area (Å²) in [6, 6.07) is 7.25. The second-order valence-electron chi connectivity index (χ2n) is 5.71. The first-order valence-corrected chi connectivity index (χ1v) is 7.94. The maximum atomic E-state index is 14.1. The molecule has 0 aliphatic carbocycles. The molecule has 0 atom stereocenters. The van der Waals surface area contributed by atoms with E-state index < -0.39 is 29.3 Å². The van der Waals surface area contributed by atoms with Gasteiger partial charge in [0.15, 0.2) is 11.6 Å². The van der Waals surface area contributed by atoms with Crippen LogP contribution in [0.2, 0.25) is 0 Å². The van der Waals surface area contributed by atoms with Crippen LogP contribution >= 0.6 is 0 Å². The molecule has 148 valence electrons. The highest BCUT2D eigenvalue weighted by molar-refractivity contribution is 5.92. The van der Waals surface area contributed by atoms with Crippen molar-refractivity contribution in [3.8, 4) is 11.5 Å². The van der Waals surface area contributed by atoms with Crippen LogP contribution < -0.4 is 10.6 Å². The average molecular weight is 400 g/mol. The highest BCUT2D eigenvalue weighted by atomic mass is 19.1. The zero-order valence-electron chi connectivity index (χ0n) is 14.4.